The summed E-state index contributed by atoms with van der Waals surface area (Å²) in [6.07, 6.45) is -4.59. The summed E-state index contributed by atoms with van der Waals surface area (Å²) in [5.41, 5.74) is -0.325. The fourth-order valence-corrected chi connectivity index (χ4v) is 3.21. The molecule has 0 heterocycles. The van der Waals surface area contributed by atoms with E-state index in [0.29, 0.717) is 16.1 Å². The van der Waals surface area contributed by atoms with Crippen LogP contribution in [0.4, 0.5) is 13.2 Å². The van der Waals surface area contributed by atoms with Crippen LogP contribution in [0.5, 0.6) is 0 Å². The third-order valence-corrected chi connectivity index (χ3v) is 5.05. The van der Waals surface area contributed by atoms with Gasteiger partial charge in [0.1, 0.15) is 0 Å². The summed E-state index contributed by atoms with van der Waals surface area (Å²) in [5, 5.41) is 0. The molecule has 0 radical (unpaired) electrons. The van der Waals surface area contributed by atoms with E-state index in [9.17, 15) is 21.6 Å². The molecule has 0 bridgehead atoms. The number of alkyl halides is 3. The summed E-state index contributed by atoms with van der Waals surface area (Å²) in [6.45, 7) is -0.0278. The topological polar surface area (TPSA) is 46.2 Å². The van der Waals surface area contributed by atoms with Gasteiger partial charge < -0.3 is 0 Å². The molecule has 2 aromatic rings. The first-order chi connectivity index (χ1) is 10.2. The second-order valence-corrected chi connectivity index (χ2v) is 7.06. The summed E-state index contributed by atoms with van der Waals surface area (Å²) in [4.78, 5) is -0.422. The number of nitrogens with one attached hydrogen (secondary N) is 1. The van der Waals surface area contributed by atoms with E-state index in [1.807, 2.05) is 0 Å². The van der Waals surface area contributed by atoms with Crippen molar-refractivity contribution in [3.05, 3.63) is 64.1 Å². The van der Waals surface area contributed by atoms with Crippen LogP contribution in [0.3, 0.4) is 0 Å². The zero-order valence-corrected chi connectivity index (χ0v) is 13.5. The predicted molar refractivity (Wildman–Crippen MR) is 79.6 cm³/mol. The van der Waals surface area contributed by atoms with Gasteiger partial charge in [-0.3, -0.25) is 0 Å². The molecule has 0 atom stereocenters. The van der Waals surface area contributed by atoms with Crippen molar-refractivity contribution in [3.63, 3.8) is 0 Å². The lowest BCUT2D eigenvalue weighted by Crippen LogP contribution is -2.23. The minimum absolute atomic E-state index is 0.0278. The van der Waals surface area contributed by atoms with Crippen LogP contribution in [0.2, 0.25) is 0 Å². The van der Waals surface area contributed by atoms with Crippen molar-refractivity contribution in [2.45, 2.75) is 17.6 Å². The molecule has 2 aromatic carbocycles. The molecule has 8 heteroatoms. The molecule has 0 saturated heterocycles. The minimum Gasteiger partial charge on any atom is -0.207 e. The lowest BCUT2D eigenvalue weighted by Gasteiger charge is -2.11. The third kappa shape index (κ3) is 4.08. The fourth-order valence-electron chi connectivity index (χ4n) is 1.74. The second kappa shape index (κ2) is 6.39. The van der Waals surface area contributed by atoms with Gasteiger partial charge in [0, 0.05) is 11.0 Å². The summed E-state index contributed by atoms with van der Waals surface area (Å²) >= 11 is 3.27. The number of sulfonamides is 1. The van der Waals surface area contributed by atoms with Gasteiger partial charge in [-0.15, -0.1) is 0 Å². The Labute approximate surface area is 134 Å². The molecular formula is C14H11BrF3NO2S. The van der Waals surface area contributed by atoms with E-state index >= 15 is 0 Å². The smallest absolute Gasteiger partial charge is 0.207 e. The maximum Gasteiger partial charge on any atom is 0.416 e. The minimum atomic E-state index is -4.59. The van der Waals surface area contributed by atoms with Gasteiger partial charge in [-0.25, -0.2) is 13.1 Å². The summed E-state index contributed by atoms with van der Waals surface area (Å²) in [7, 11) is -4.03. The highest BCUT2D eigenvalue weighted by Crippen LogP contribution is 2.30. The van der Waals surface area contributed by atoms with Gasteiger partial charge in [0.15, 0.2) is 0 Å². The van der Waals surface area contributed by atoms with Gasteiger partial charge in [-0.1, -0.05) is 40.2 Å². The van der Waals surface area contributed by atoms with E-state index in [1.165, 1.54) is 0 Å². The van der Waals surface area contributed by atoms with Crippen molar-refractivity contribution in [1.29, 1.82) is 0 Å². The number of rotatable bonds is 4. The Morgan fingerprint density at radius 3 is 2.36 bits per heavy atom. The standard InChI is InChI=1S/C14H11BrF3NO2S/c15-13-7-2-1-4-10(13)9-19-22(20,21)12-6-3-5-11(8-12)14(16,17)18/h1-8,19H,9H2. The molecule has 0 spiro atoms. The SMILES string of the molecule is O=S(=O)(NCc1ccccc1Br)c1cccc(C(F)(F)F)c1. The molecule has 3 nitrogen and oxygen atoms in total. The highest BCUT2D eigenvalue weighted by molar-refractivity contribution is 9.10. The molecule has 0 amide bonds. The number of benzene rings is 2. The average molecular weight is 394 g/mol. The maximum absolute atomic E-state index is 12.6. The Morgan fingerprint density at radius 1 is 1.05 bits per heavy atom. The number of hydrogen-bond acceptors (Lipinski definition) is 2. The first-order valence-corrected chi connectivity index (χ1v) is 8.38. The summed E-state index contributed by atoms with van der Waals surface area (Å²) in [6, 6.07) is 10.6. The van der Waals surface area contributed by atoms with E-state index in [4.69, 9.17) is 0 Å². The second-order valence-electron chi connectivity index (χ2n) is 4.44. The lowest BCUT2D eigenvalue weighted by molar-refractivity contribution is -0.137. The van der Waals surface area contributed by atoms with E-state index in [1.54, 1.807) is 24.3 Å². The van der Waals surface area contributed by atoms with Crippen molar-refractivity contribution in [3.8, 4) is 0 Å². The molecule has 0 aliphatic heterocycles. The molecule has 0 aliphatic carbocycles. The largest absolute Gasteiger partial charge is 0.416 e. The van der Waals surface area contributed by atoms with Gasteiger partial charge in [0.25, 0.3) is 0 Å². The quantitative estimate of drug-likeness (QED) is 0.854. The van der Waals surface area contributed by atoms with Gasteiger partial charge in [0.2, 0.25) is 10.0 Å². The van der Waals surface area contributed by atoms with Crippen molar-refractivity contribution in [2.24, 2.45) is 0 Å². The molecule has 118 valence electrons. The Bertz CT molecular complexity index is 776. The molecule has 0 aliphatic rings. The summed E-state index contributed by atoms with van der Waals surface area (Å²) in [5.74, 6) is 0. The Morgan fingerprint density at radius 2 is 1.73 bits per heavy atom. The highest BCUT2D eigenvalue weighted by atomic mass is 79.9. The number of halogens is 4. The van der Waals surface area contributed by atoms with Crippen LogP contribution in [-0.2, 0) is 22.7 Å². The third-order valence-electron chi connectivity index (χ3n) is 2.88. The van der Waals surface area contributed by atoms with Crippen LogP contribution in [0.1, 0.15) is 11.1 Å². The summed E-state index contributed by atoms with van der Waals surface area (Å²) < 4.78 is 65.1. The van der Waals surface area contributed by atoms with Crippen LogP contribution >= 0.6 is 15.9 Å². The fraction of sp³-hybridized carbons (Fsp3) is 0.143. The van der Waals surface area contributed by atoms with Gasteiger partial charge in [-0.2, -0.15) is 13.2 Å². The van der Waals surface area contributed by atoms with Crippen LogP contribution in [-0.4, -0.2) is 8.42 Å². The van der Waals surface area contributed by atoms with Crippen molar-refractivity contribution >= 4 is 26.0 Å². The van der Waals surface area contributed by atoms with Crippen molar-refractivity contribution in [2.75, 3.05) is 0 Å². The number of hydrogen-bond donors (Lipinski definition) is 1. The van der Waals surface area contributed by atoms with Gasteiger partial charge in [-0.05, 0) is 29.8 Å². The molecule has 1 N–H and O–H groups in total. The van der Waals surface area contributed by atoms with Gasteiger partial charge >= 0.3 is 6.18 Å². The first-order valence-electron chi connectivity index (χ1n) is 6.10. The van der Waals surface area contributed by atoms with Crippen LogP contribution < -0.4 is 4.72 Å². The van der Waals surface area contributed by atoms with E-state index in [2.05, 4.69) is 20.7 Å². The monoisotopic (exact) mass is 393 g/mol. The Kier molecular flexibility index (Phi) is 4.93. The zero-order chi connectivity index (χ0) is 16.4. The molecule has 2 rings (SSSR count). The maximum atomic E-state index is 12.6. The van der Waals surface area contributed by atoms with Gasteiger partial charge in [0.05, 0.1) is 10.5 Å². The highest BCUT2D eigenvalue weighted by Gasteiger charge is 2.31. The van der Waals surface area contributed by atoms with E-state index in [0.717, 1.165) is 18.2 Å². The predicted octanol–water partition coefficient (Wildman–Crippen LogP) is 3.95. The Balaban J connectivity index is 2.23. The van der Waals surface area contributed by atoms with Crippen LogP contribution in [0.25, 0.3) is 0 Å². The lowest BCUT2D eigenvalue weighted by atomic mass is 10.2. The van der Waals surface area contributed by atoms with Crippen molar-refractivity contribution < 1.29 is 21.6 Å². The van der Waals surface area contributed by atoms with E-state index < -0.39 is 26.7 Å². The molecule has 0 fully saturated rings. The van der Waals surface area contributed by atoms with Crippen LogP contribution in [0.15, 0.2) is 57.9 Å². The molecule has 0 saturated carbocycles. The molecular weight excluding hydrogens is 383 g/mol. The normalized spacial score (nSPS) is 12.4. The molecule has 22 heavy (non-hydrogen) atoms. The van der Waals surface area contributed by atoms with Crippen molar-refractivity contribution in [1.82, 2.24) is 4.72 Å². The molecule has 0 aromatic heterocycles. The van der Waals surface area contributed by atoms with E-state index in [-0.39, 0.29) is 6.54 Å². The molecule has 0 unspecified atom stereocenters. The Hall–Kier alpha value is -1.38. The zero-order valence-electron chi connectivity index (χ0n) is 11.1. The first kappa shape index (κ1) is 17.0. The average Bonchev–Trinajstić information content (AvgIpc) is 2.46. The van der Waals surface area contributed by atoms with Crippen LogP contribution in [0, 0.1) is 0 Å².